The van der Waals surface area contributed by atoms with E-state index in [0.717, 1.165) is 44.2 Å². The summed E-state index contributed by atoms with van der Waals surface area (Å²) in [4.78, 5) is 15.7. The zero-order chi connectivity index (χ0) is 38.4. The van der Waals surface area contributed by atoms with Crippen molar-refractivity contribution in [1.82, 2.24) is 15.0 Å². The number of aromatic nitrogens is 3. The van der Waals surface area contributed by atoms with E-state index in [4.69, 9.17) is 15.0 Å². The molecule has 0 N–H and O–H groups in total. The summed E-state index contributed by atoms with van der Waals surface area (Å²) < 4.78 is 0. The smallest absolute Gasteiger partial charge is 0.164 e. The molecule has 11 aromatic rings. The van der Waals surface area contributed by atoms with Crippen molar-refractivity contribution >= 4 is 43.1 Å². The third kappa shape index (κ3) is 5.98. The van der Waals surface area contributed by atoms with E-state index in [1.165, 1.54) is 49.0 Å². The fourth-order valence-corrected chi connectivity index (χ4v) is 8.43. The normalized spacial score (nSPS) is 11.4. The van der Waals surface area contributed by atoms with Crippen LogP contribution in [0.2, 0.25) is 0 Å². The van der Waals surface area contributed by atoms with Gasteiger partial charge in [0.2, 0.25) is 0 Å². The highest BCUT2D eigenvalue weighted by Gasteiger charge is 2.17. The Kier molecular flexibility index (Phi) is 8.15. The Morgan fingerprint density at radius 1 is 0.207 bits per heavy atom. The lowest BCUT2D eigenvalue weighted by atomic mass is 9.95. The van der Waals surface area contributed by atoms with Crippen LogP contribution >= 0.6 is 0 Å². The van der Waals surface area contributed by atoms with E-state index in [-0.39, 0.29) is 0 Å². The lowest BCUT2D eigenvalue weighted by Crippen LogP contribution is -2.01. The van der Waals surface area contributed by atoms with Gasteiger partial charge in [-0.3, -0.25) is 0 Å². The molecule has 0 bridgehead atoms. The minimum Gasteiger partial charge on any atom is -0.208 e. The predicted octanol–water partition coefficient (Wildman–Crippen LogP) is 14.5. The Morgan fingerprint density at radius 2 is 0.638 bits per heavy atom. The first kappa shape index (κ1) is 33.6. The highest BCUT2D eigenvalue weighted by atomic mass is 15.0. The molecule has 0 fully saturated rings. The molecule has 3 heteroatoms. The fourth-order valence-electron chi connectivity index (χ4n) is 8.43. The molecule has 58 heavy (non-hydrogen) atoms. The quantitative estimate of drug-likeness (QED) is 0.160. The van der Waals surface area contributed by atoms with Crippen molar-refractivity contribution < 1.29 is 0 Å². The van der Waals surface area contributed by atoms with Gasteiger partial charge in [-0.15, -0.1) is 0 Å². The van der Waals surface area contributed by atoms with Crippen LogP contribution in [0.4, 0.5) is 0 Å². The van der Waals surface area contributed by atoms with Crippen LogP contribution in [0.5, 0.6) is 0 Å². The van der Waals surface area contributed by atoms with Crippen LogP contribution in [-0.4, -0.2) is 15.0 Å². The van der Waals surface area contributed by atoms with E-state index >= 15 is 0 Å². The number of rotatable bonds is 6. The second-order valence-corrected chi connectivity index (χ2v) is 14.8. The second kappa shape index (κ2) is 14.1. The summed E-state index contributed by atoms with van der Waals surface area (Å²) in [6.45, 7) is 0. The van der Waals surface area contributed by atoms with Gasteiger partial charge in [-0.05, 0) is 88.6 Å². The van der Waals surface area contributed by atoms with Crippen molar-refractivity contribution in [2.24, 2.45) is 0 Å². The summed E-state index contributed by atoms with van der Waals surface area (Å²) in [6, 6.07) is 75.3. The standard InChI is InChI=1S/C55H35N3/c1-4-19-45-37(12-1)15-10-24-47(45)39-28-26-36(27-29-39)42-17-9-18-44(34-42)54-56-53(41-32-30-40(31-33-41)48-25-11-16-38-13-2-5-20-46(38)48)57-55(58-54)52-35-43-14-3-6-21-49(43)50-22-7-8-23-51(50)52/h1-35H. The molecule has 10 aromatic carbocycles. The van der Waals surface area contributed by atoms with Gasteiger partial charge in [-0.2, -0.15) is 0 Å². The third-order valence-corrected chi connectivity index (χ3v) is 11.3. The molecule has 3 nitrogen and oxygen atoms in total. The molecule has 0 aliphatic rings. The van der Waals surface area contributed by atoms with Crippen LogP contribution in [0.3, 0.4) is 0 Å². The Bertz CT molecular complexity index is 3320. The maximum absolute atomic E-state index is 5.25. The summed E-state index contributed by atoms with van der Waals surface area (Å²) in [6.07, 6.45) is 0. The Balaban J connectivity index is 1.03. The topological polar surface area (TPSA) is 38.7 Å². The van der Waals surface area contributed by atoms with E-state index in [1.807, 2.05) is 0 Å². The van der Waals surface area contributed by atoms with Crippen LogP contribution in [0, 0.1) is 0 Å². The average molecular weight is 738 g/mol. The first-order valence-electron chi connectivity index (χ1n) is 19.7. The minimum atomic E-state index is 0.629. The van der Waals surface area contributed by atoms with E-state index in [1.54, 1.807) is 0 Å². The van der Waals surface area contributed by atoms with Gasteiger partial charge in [0.1, 0.15) is 0 Å². The molecule has 1 aromatic heterocycles. The Hall–Kier alpha value is -7.75. The summed E-state index contributed by atoms with van der Waals surface area (Å²) in [5, 5.41) is 9.58. The Morgan fingerprint density at radius 3 is 1.28 bits per heavy atom. The zero-order valence-electron chi connectivity index (χ0n) is 31.5. The molecule has 0 aliphatic heterocycles. The van der Waals surface area contributed by atoms with Gasteiger partial charge >= 0.3 is 0 Å². The molecule has 0 atom stereocenters. The van der Waals surface area contributed by atoms with Crippen molar-refractivity contribution in [1.29, 1.82) is 0 Å². The average Bonchev–Trinajstić information content (AvgIpc) is 3.31. The van der Waals surface area contributed by atoms with Crippen molar-refractivity contribution in [3.05, 3.63) is 212 Å². The van der Waals surface area contributed by atoms with Gasteiger partial charge in [-0.1, -0.05) is 200 Å². The number of fused-ring (bicyclic) bond motifs is 5. The molecule has 1 heterocycles. The zero-order valence-corrected chi connectivity index (χ0v) is 31.5. The minimum absolute atomic E-state index is 0.629. The number of hydrogen-bond donors (Lipinski definition) is 0. The molecule has 270 valence electrons. The molecule has 0 spiro atoms. The highest BCUT2D eigenvalue weighted by Crippen LogP contribution is 2.37. The summed E-state index contributed by atoms with van der Waals surface area (Å²) in [7, 11) is 0. The van der Waals surface area contributed by atoms with Crippen LogP contribution in [0.1, 0.15) is 0 Å². The Labute approximate surface area is 336 Å². The van der Waals surface area contributed by atoms with Crippen LogP contribution in [0.15, 0.2) is 212 Å². The van der Waals surface area contributed by atoms with Crippen molar-refractivity contribution in [2.75, 3.05) is 0 Å². The molecule has 11 rings (SSSR count). The molecule has 0 amide bonds. The van der Waals surface area contributed by atoms with Gasteiger partial charge in [-0.25, -0.2) is 15.0 Å². The fraction of sp³-hybridized carbons (Fsp3) is 0. The lowest BCUT2D eigenvalue weighted by Gasteiger charge is -2.13. The molecule has 0 saturated carbocycles. The monoisotopic (exact) mass is 737 g/mol. The van der Waals surface area contributed by atoms with Gasteiger partial charge in [0.05, 0.1) is 0 Å². The summed E-state index contributed by atoms with van der Waals surface area (Å²) >= 11 is 0. The summed E-state index contributed by atoms with van der Waals surface area (Å²) in [5.74, 6) is 1.90. The van der Waals surface area contributed by atoms with E-state index in [9.17, 15) is 0 Å². The molecule has 0 saturated heterocycles. The summed E-state index contributed by atoms with van der Waals surface area (Å²) in [5.41, 5.74) is 9.84. The second-order valence-electron chi connectivity index (χ2n) is 14.8. The molecule has 0 unspecified atom stereocenters. The molecule has 0 aliphatic carbocycles. The first-order valence-corrected chi connectivity index (χ1v) is 19.7. The lowest BCUT2D eigenvalue weighted by molar-refractivity contribution is 1.08. The van der Waals surface area contributed by atoms with Crippen molar-refractivity contribution in [2.45, 2.75) is 0 Å². The number of benzene rings is 10. The number of nitrogens with zero attached hydrogens (tertiary/aromatic N) is 3. The third-order valence-electron chi connectivity index (χ3n) is 11.3. The van der Waals surface area contributed by atoms with Crippen LogP contribution in [-0.2, 0) is 0 Å². The van der Waals surface area contributed by atoms with Gasteiger partial charge in [0.25, 0.3) is 0 Å². The van der Waals surface area contributed by atoms with Crippen molar-refractivity contribution in [3.8, 4) is 67.5 Å². The van der Waals surface area contributed by atoms with Gasteiger partial charge < -0.3 is 0 Å². The SMILES string of the molecule is c1cc(-c2ccc(-c3cccc4ccccc34)cc2)cc(-c2nc(-c3ccc(-c4cccc5ccccc45)cc3)nc(-c3cc4ccccc4c4ccccc34)n2)c1. The van der Waals surface area contributed by atoms with Crippen molar-refractivity contribution in [3.63, 3.8) is 0 Å². The molecular formula is C55H35N3. The van der Waals surface area contributed by atoms with Crippen LogP contribution in [0.25, 0.3) is 111 Å². The molecule has 0 radical (unpaired) electrons. The van der Waals surface area contributed by atoms with Gasteiger partial charge in [0.15, 0.2) is 17.5 Å². The largest absolute Gasteiger partial charge is 0.208 e. The van der Waals surface area contributed by atoms with Crippen LogP contribution < -0.4 is 0 Å². The maximum atomic E-state index is 5.25. The maximum Gasteiger partial charge on any atom is 0.164 e. The molecular weight excluding hydrogens is 703 g/mol. The van der Waals surface area contributed by atoms with E-state index in [0.29, 0.717) is 17.5 Å². The van der Waals surface area contributed by atoms with E-state index in [2.05, 4.69) is 212 Å². The first-order chi connectivity index (χ1) is 28.7. The van der Waals surface area contributed by atoms with Gasteiger partial charge in [0, 0.05) is 16.7 Å². The predicted molar refractivity (Wildman–Crippen MR) is 242 cm³/mol. The highest BCUT2D eigenvalue weighted by molar-refractivity contribution is 6.13. The number of hydrogen-bond acceptors (Lipinski definition) is 3. The van der Waals surface area contributed by atoms with E-state index < -0.39 is 0 Å².